The van der Waals surface area contributed by atoms with Gasteiger partial charge in [-0.1, -0.05) is 30.3 Å². The van der Waals surface area contributed by atoms with Crippen molar-refractivity contribution in [3.63, 3.8) is 0 Å². The molecule has 1 aliphatic heterocycles. The van der Waals surface area contributed by atoms with Crippen molar-refractivity contribution in [1.82, 2.24) is 4.98 Å². The van der Waals surface area contributed by atoms with Crippen LogP contribution in [0.4, 0.5) is 14.5 Å². The molecule has 5 aromatic rings. The van der Waals surface area contributed by atoms with Gasteiger partial charge in [0.1, 0.15) is 33.5 Å². The number of ether oxygens (including phenoxy) is 3. The Morgan fingerprint density at radius 2 is 1.85 bits per heavy atom. The standard InChI is InChI=1S/C28H19F2N3O6S/c29-25(30)18-11-17(14-4-2-1-3-5-14)22-23(24(26(31)34)40-28(22)32-18)33-27(35)20-9-7-16(39-20)12-36-15-6-8-19-21(10-15)38-13-37-19/h1-11,25H,12-13H2,(H2,31,34)(H,33,35). The molecule has 0 saturated heterocycles. The van der Waals surface area contributed by atoms with Crippen LogP contribution in [0, 0.1) is 0 Å². The SMILES string of the molecule is NC(=O)c1sc2nc(C(F)F)cc(-c3ccccc3)c2c1NC(=O)c1ccc(COc2ccc3c(c2)OCO3)o1. The van der Waals surface area contributed by atoms with Crippen molar-refractivity contribution in [1.29, 1.82) is 0 Å². The van der Waals surface area contributed by atoms with Gasteiger partial charge in [0, 0.05) is 11.5 Å². The lowest BCUT2D eigenvalue weighted by Gasteiger charge is -2.10. The highest BCUT2D eigenvalue weighted by Gasteiger charge is 2.26. The van der Waals surface area contributed by atoms with Crippen molar-refractivity contribution in [3.05, 3.63) is 88.8 Å². The fourth-order valence-corrected chi connectivity index (χ4v) is 5.26. The number of thiophene rings is 1. The molecule has 3 N–H and O–H groups in total. The molecule has 2 amide bonds. The number of halogens is 2. The second kappa shape index (κ2) is 10.3. The lowest BCUT2D eigenvalue weighted by Crippen LogP contribution is -2.16. The van der Waals surface area contributed by atoms with Crippen LogP contribution in [0.3, 0.4) is 0 Å². The normalized spacial score (nSPS) is 12.2. The molecule has 0 bridgehead atoms. The molecule has 0 unspecified atom stereocenters. The largest absolute Gasteiger partial charge is 0.486 e. The zero-order chi connectivity index (χ0) is 27.8. The summed E-state index contributed by atoms with van der Waals surface area (Å²) >= 11 is 0.825. The van der Waals surface area contributed by atoms with E-state index in [1.165, 1.54) is 12.1 Å². The van der Waals surface area contributed by atoms with Gasteiger partial charge in [-0.2, -0.15) is 0 Å². The van der Waals surface area contributed by atoms with E-state index in [4.69, 9.17) is 24.4 Å². The Kier molecular flexibility index (Phi) is 6.52. The molecule has 4 heterocycles. The van der Waals surface area contributed by atoms with Gasteiger partial charge in [0.15, 0.2) is 17.3 Å². The number of nitrogens with zero attached hydrogens (tertiary/aromatic N) is 1. The first-order chi connectivity index (χ1) is 19.4. The molecule has 0 atom stereocenters. The highest BCUT2D eigenvalue weighted by atomic mass is 32.1. The number of pyridine rings is 1. The average molecular weight is 564 g/mol. The Morgan fingerprint density at radius 1 is 1.05 bits per heavy atom. The molecule has 202 valence electrons. The molecule has 6 rings (SSSR count). The third-order valence-corrected chi connectivity index (χ3v) is 7.16. The van der Waals surface area contributed by atoms with Gasteiger partial charge in [-0.05, 0) is 41.5 Å². The Balaban J connectivity index is 1.30. The van der Waals surface area contributed by atoms with E-state index in [0.29, 0.717) is 39.5 Å². The average Bonchev–Trinajstić information content (AvgIpc) is 3.70. The topological polar surface area (TPSA) is 126 Å². The predicted molar refractivity (Wildman–Crippen MR) is 142 cm³/mol. The van der Waals surface area contributed by atoms with Crippen LogP contribution in [-0.4, -0.2) is 23.6 Å². The van der Waals surface area contributed by atoms with Crippen molar-refractivity contribution in [2.75, 3.05) is 12.1 Å². The van der Waals surface area contributed by atoms with E-state index < -0.39 is 23.9 Å². The van der Waals surface area contributed by atoms with Crippen molar-refractivity contribution >= 4 is 39.1 Å². The number of nitrogens with one attached hydrogen (secondary N) is 1. The Morgan fingerprint density at radius 3 is 2.62 bits per heavy atom. The van der Waals surface area contributed by atoms with Gasteiger partial charge >= 0.3 is 0 Å². The molecule has 0 saturated carbocycles. The van der Waals surface area contributed by atoms with Crippen LogP contribution >= 0.6 is 11.3 Å². The minimum atomic E-state index is -2.84. The first-order valence-corrected chi connectivity index (χ1v) is 12.7. The van der Waals surface area contributed by atoms with Crippen LogP contribution in [-0.2, 0) is 6.61 Å². The maximum atomic E-state index is 13.7. The minimum absolute atomic E-state index is 0.0271. The number of hydrogen-bond donors (Lipinski definition) is 2. The summed E-state index contributed by atoms with van der Waals surface area (Å²) < 4.78 is 49.3. The lowest BCUT2D eigenvalue weighted by atomic mass is 10.0. The fraction of sp³-hybridized carbons (Fsp3) is 0.107. The summed E-state index contributed by atoms with van der Waals surface area (Å²) in [6, 6.07) is 18.2. The number of nitrogens with two attached hydrogens (primary N) is 1. The summed E-state index contributed by atoms with van der Waals surface area (Å²) in [6.07, 6.45) is -2.84. The highest BCUT2D eigenvalue weighted by Crippen LogP contribution is 2.42. The summed E-state index contributed by atoms with van der Waals surface area (Å²) in [6.45, 7) is 0.169. The van der Waals surface area contributed by atoms with Gasteiger partial charge < -0.3 is 29.7 Å². The molecular formula is C28H19F2N3O6S. The Bertz CT molecular complexity index is 1750. The van der Waals surface area contributed by atoms with E-state index in [9.17, 15) is 18.4 Å². The van der Waals surface area contributed by atoms with E-state index >= 15 is 0 Å². The van der Waals surface area contributed by atoms with Gasteiger partial charge in [-0.15, -0.1) is 11.3 Å². The highest BCUT2D eigenvalue weighted by molar-refractivity contribution is 7.21. The van der Waals surface area contributed by atoms with E-state index in [1.54, 1.807) is 54.6 Å². The number of rotatable bonds is 8. The number of anilines is 1. The van der Waals surface area contributed by atoms with E-state index in [1.807, 2.05) is 0 Å². The number of furan rings is 1. The van der Waals surface area contributed by atoms with Crippen LogP contribution in [0.15, 0.2) is 71.1 Å². The number of alkyl halides is 2. The molecule has 0 aliphatic carbocycles. The van der Waals surface area contributed by atoms with Gasteiger partial charge in [-0.3, -0.25) is 9.59 Å². The molecule has 0 fully saturated rings. The molecule has 9 nitrogen and oxygen atoms in total. The number of primary amides is 1. The van der Waals surface area contributed by atoms with Crippen LogP contribution in [0.25, 0.3) is 21.3 Å². The monoisotopic (exact) mass is 563 g/mol. The van der Waals surface area contributed by atoms with Crippen LogP contribution < -0.4 is 25.3 Å². The smallest absolute Gasteiger partial charge is 0.291 e. The van der Waals surface area contributed by atoms with E-state index in [-0.39, 0.29) is 34.6 Å². The molecule has 0 radical (unpaired) electrons. The third kappa shape index (κ3) is 4.80. The van der Waals surface area contributed by atoms with E-state index in [0.717, 1.165) is 11.3 Å². The number of fused-ring (bicyclic) bond motifs is 2. The molecule has 12 heteroatoms. The number of carbonyl (C=O) groups is 2. The van der Waals surface area contributed by atoms with Crippen molar-refractivity contribution in [2.45, 2.75) is 13.0 Å². The lowest BCUT2D eigenvalue weighted by molar-refractivity contribution is 0.0992. The van der Waals surface area contributed by atoms with Crippen LogP contribution in [0.2, 0.25) is 0 Å². The van der Waals surface area contributed by atoms with Crippen molar-refractivity contribution in [2.24, 2.45) is 5.73 Å². The first kappa shape index (κ1) is 25.3. The summed E-state index contributed by atoms with van der Waals surface area (Å²) in [5.74, 6) is 0.499. The van der Waals surface area contributed by atoms with Gasteiger partial charge in [0.2, 0.25) is 6.79 Å². The molecule has 1 aliphatic rings. The van der Waals surface area contributed by atoms with Crippen LogP contribution in [0.1, 0.15) is 38.1 Å². The zero-order valence-corrected chi connectivity index (χ0v) is 21.3. The first-order valence-electron chi connectivity index (χ1n) is 11.9. The van der Waals surface area contributed by atoms with Gasteiger partial charge in [-0.25, -0.2) is 13.8 Å². The predicted octanol–water partition coefficient (Wildman–Crippen LogP) is 6.15. The second-order valence-electron chi connectivity index (χ2n) is 8.64. The Labute approximate surface area is 229 Å². The number of aromatic nitrogens is 1. The number of carbonyl (C=O) groups excluding carboxylic acids is 2. The van der Waals surface area contributed by atoms with Gasteiger partial charge in [0.25, 0.3) is 18.2 Å². The summed E-state index contributed by atoms with van der Waals surface area (Å²) in [5, 5.41) is 3.00. The molecule has 0 spiro atoms. The zero-order valence-electron chi connectivity index (χ0n) is 20.5. The molecule has 40 heavy (non-hydrogen) atoms. The van der Waals surface area contributed by atoms with Crippen molar-refractivity contribution < 1.29 is 37.0 Å². The van der Waals surface area contributed by atoms with Crippen LogP contribution in [0.5, 0.6) is 17.2 Å². The number of benzene rings is 2. The number of hydrogen-bond acceptors (Lipinski definition) is 8. The molecular weight excluding hydrogens is 544 g/mol. The third-order valence-electron chi connectivity index (χ3n) is 6.06. The summed E-state index contributed by atoms with van der Waals surface area (Å²) in [7, 11) is 0. The minimum Gasteiger partial charge on any atom is -0.486 e. The summed E-state index contributed by atoms with van der Waals surface area (Å²) in [4.78, 5) is 29.7. The second-order valence-corrected chi connectivity index (χ2v) is 9.63. The molecule has 2 aromatic carbocycles. The van der Waals surface area contributed by atoms with E-state index in [2.05, 4.69) is 10.3 Å². The quantitative estimate of drug-likeness (QED) is 0.232. The van der Waals surface area contributed by atoms with Gasteiger partial charge in [0.05, 0.1) is 5.69 Å². The van der Waals surface area contributed by atoms with Crippen molar-refractivity contribution in [3.8, 4) is 28.4 Å². The maximum absolute atomic E-state index is 13.7. The molecule has 3 aromatic heterocycles. The maximum Gasteiger partial charge on any atom is 0.291 e. The summed E-state index contributed by atoms with van der Waals surface area (Å²) in [5.41, 5.74) is 6.18. The Hall–Kier alpha value is -4.97. The number of amides is 2. The fourth-order valence-electron chi connectivity index (χ4n) is 4.24.